The number of carbonyl (C=O) groups is 2. The number of fused-ring (bicyclic) bond motifs is 1. The number of hydrogen-bond acceptors (Lipinski definition) is 5. The maximum Gasteiger partial charge on any atom is 0.222 e. The van der Waals surface area contributed by atoms with E-state index in [1.54, 1.807) is 0 Å². The molecule has 1 aliphatic heterocycles. The largest absolute Gasteiger partial charge is 0.356 e. The van der Waals surface area contributed by atoms with Gasteiger partial charge in [0.15, 0.2) is 0 Å². The van der Waals surface area contributed by atoms with Crippen LogP contribution < -0.4 is 10.2 Å². The first-order valence-electron chi connectivity index (χ1n) is 8.27. The summed E-state index contributed by atoms with van der Waals surface area (Å²) < 4.78 is 5.79. The molecule has 0 aliphatic carbocycles. The van der Waals surface area contributed by atoms with Crippen molar-refractivity contribution in [3.8, 4) is 0 Å². The van der Waals surface area contributed by atoms with Gasteiger partial charge in [0.25, 0.3) is 0 Å². The molecule has 0 saturated carbocycles. The summed E-state index contributed by atoms with van der Waals surface area (Å²) in [6.07, 6.45) is 1.18. The molecule has 0 atom stereocenters. The van der Waals surface area contributed by atoms with Crippen LogP contribution in [0.4, 0.5) is 5.82 Å². The third-order valence-corrected chi connectivity index (χ3v) is 5.05. The first-order chi connectivity index (χ1) is 11.6. The molecule has 7 heteroatoms. The molecular formula is C17H22N4O2S. The van der Waals surface area contributed by atoms with Gasteiger partial charge in [-0.2, -0.15) is 4.37 Å². The van der Waals surface area contributed by atoms with Gasteiger partial charge in [0, 0.05) is 51.5 Å². The van der Waals surface area contributed by atoms with Crippen molar-refractivity contribution in [2.75, 3.05) is 37.6 Å². The minimum atomic E-state index is -0.0495. The first-order valence-corrected chi connectivity index (χ1v) is 9.04. The van der Waals surface area contributed by atoms with Crippen LogP contribution in [0.25, 0.3) is 10.1 Å². The van der Waals surface area contributed by atoms with E-state index in [0.717, 1.165) is 32.0 Å². The SMILES string of the molecule is CC(=O)NCCCC(=O)N1CCN(c2nsc3ccccc23)CC1. The number of aromatic nitrogens is 1. The minimum absolute atomic E-state index is 0.0495. The minimum Gasteiger partial charge on any atom is -0.356 e. The number of carbonyl (C=O) groups excluding carboxylic acids is 2. The fraction of sp³-hybridized carbons (Fsp3) is 0.471. The average molecular weight is 346 g/mol. The fourth-order valence-corrected chi connectivity index (χ4v) is 3.73. The van der Waals surface area contributed by atoms with Gasteiger partial charge in [-0.3, -0.25) is 9.59 Å². The van der Waals surface area contributed by atoms with Gasteiger partial charge < -0.3 is 15.1 Å². The molecule has 0 bridgehead atoms. The molecule has 6 nitrogen and oxygen atoms in total. The number of rotatable bonds is 5. The van der Waals surface area contributed by atoms with Crippen LogP contribution in [0.15, 0.2) is 24.3 Å². The Morgan fingerprint density at radius 1 is 1.21 bits per heavy atom. The van der Waals surface area contributed by atoms with E-state index in [0.29, 0.717) is 19.4 Å². The molecule has 1 aromatic heterocycles. The van der Waals surface area contributed by atoms with Crippen molar-refractivity contribution in [2.24, 2.45) is 0 Å². The molecule has 1 saturated heterocycles. The van der Waals surface area contributed by atoms with Crippen LogP contribution in [0, 0.1) is 0 Å². The third-order valence-electron chi connectivity index (χ3n) is 4.23. The second-order valence-electron chi connectivity index (χ2n) is 5.96. The summed E-state index contributed by atoms with van der Waals surface area (Å²) in [5, 5.41) is 3.91. The van der Waals surface area contributed by atoms with Gasteiger partial charge in [-0.25, -0.2) is 0 Å². The van der Waals surface area contributed by atoms with E-state index in [2.05, 4.69) is 26.7 Å². The van der Waals surface area contributed by atoms with Crippen molar-refractivity contribution in [3.05, 3.63) is 24.3 Å². The Morgan fingerprint density at radius 2 is 1.96 bits per heavy atom. The molecule has 0 spiro atoms. The average Bonchev–Trinajstić information content (AvgIpc) is 3.02. The molecule has 128 valence electrons. The topological polar surface area (TPSA) is 65.5 Å². The van der Waals surface area contributed by atoms with Crippen LogP contribution in [0.1, 0.15) is 19.8 Å². The highest BCUT2D eigenvalue weighted by molar-refractivity contribution is 7.13. The Labute approximate surface area is 145 Å². The molecule has 1 aromatic carbocycles. The zero-order valence-corrected chi connectivity index (χ0v) is 14.6. The molecule has 1 fully saturated rings. The highest BCUT2D eigenvalue weighted by Gasteiger charge is 2.23. The summed E-state index contributed by atoms with van der Waals surface area (Å²) in [4.78, 5) is 27.2. The number of hydrogen-bond donors (Lipinski definition) is 1. The Morgan fingerprint density at radius 3 is 2.71 bits per heavy atom. The lowest BCUT2D eigenvalue weighted by Crippen LogP contribution is -2.49. The van der Waals surface area contributed by atoms with Gasteiger partial charge in [-0.15, -0.1) is 0 Å². The number of benzene rings is 1. The van der Waals surface area contributed by atoms with Crippen molar-refractivity contribution in [1.29, 1.82) is 0 Å². The zero-order valence-electron chi connectivity index (χ0n) is 13.8. The Hall–Kier alpha value is -2.15. The van der Waals surface area contributed by atoms with Crippen molar-refractivity contribution in [2.45, 2.75) is 19.8 Å². The van der Waals surface area contributed by atoms with Gasteiger partial charge in [0.05, 0.1) is 4.70 Å². The van der Waals surface area contributed by atoms with Crippen LogP contribution in [0.3, 0.4) is 0 Å². The van der Waals surface area contributed by atoms with Crippen molar-refractivity contribution >= 4 is 39.3 Å². The van der Waals surface area contributed by atoms with Crippen LogP contribution in [-0.4, -0.2) is 53.8 Å². The van der Waals surface area contributed by atoms with Crippen molar-refractivity contribution in [3.63, 3.8) is 0 Å². The number of nitrogens with zero attached hydrogens (tertiary/aromatic N) is 3. The van der Waals surface area contributed by atoms with Crippen LogP contribution in [0.2, 0.25) is 0 Å². The Kier molecular flexibility index (Phi) is 5.30. The number of piperazine rings is 1. The van der Waals surface area contributed by atoms with E-state index in [1.807, 2.05) is 17.0 Å². The van der Waals surface area contributed by atoms with Crippen molar-refractivity contribution < 1.29 is 9.59 Å². The van der Waals surface area contributed by atoms with Crippen LogP contribution >= 0.6 is 11.5 Å². The summed E-state index contributed by atoms with van der Waals surface area (Å²) in [7, 11) is 0. The first kappa shape index (κ1) is 16.7. The number of nitrogens with one attached hydrogen (secondary N) is 1. The highest BCUT2D eigenvalue weighted by Crippen LogP contribution is 2.29. The lowest BCUT2D eigenvalue weighted by Gasteiger charge is -2.35. The predicted octanol–water partition coefficient (Wildman–Crippen LogP) is 1.86. The molecule has 1 N–H and O–H groups in total. The molecule has 0 unspecified atom stereocenters. The van der Waals surface area contributed by atoms with E-state index in [4.69, 9.17) is 0 Å². The van der Waals surface area contributed by atoms with Gasteiger partial charge in [-0.1, -0.05) is 12.1 Å². The molecule has 2 aromatic rings. The molecule has 2 amide bonds. The Balaban J connectivity index is 1.50. The summed E-state index contributed by atoms with van der Waals surface area (Å²) in [6, 6.07) is 8.26. The second kappa shape index (κ2) is 7.61. The molecule has 1 aliphatic rings. The normalized spacial score (nSPS) is 14.9. The van der Waals surface area contributed by atoms with Gasteiger partial charge in [0.1, 0.15) is 5.82 Å². The third kappa shape index (κ3) is 3.84. The van der Waals surface area contributed by atoms with E-state index < -0.39 is 0 Å². The lowest BCUT2D eigenvalue weighted by atomic mass is 10.2. The Bertz CT molecular complexity index is 722. The fourth-order valence-electron chi connectivity index (χ4n) is 2.93. The summed E-state index contributed by atoms with van der Waals surface area (Å²) in [6.45, 7) is 5.13. The van der Waals surface area contributed by atoms with Gasteiger partial charge in [0.2, 0.25) is 11.8 Å². The van der Waals surface area contributed by atoms with Gasteiger partial charge in [-0.05, 0) is 30.1 Å². The summed E-state index contributed by atoms with van der Waals surface area (Å²) in [5.41, 5.74) is 0. The quantitative estimate of drug-likeness (QED) is 0.840. The number of amides is 2. The van der Waals surface area contributed by atoms with E-state index in [-0.39, 0.29) is 11.8 Å². The second-order valence-corrected chi connectivity index (χ2v) is 6.76. The standard InChI is InChI=1S/C17H22N4O2S/c1-13(22)18-8-4-7-16(23)20-9-11-21(12-10-20)17-14-5-2-3-6-15(14)24-19-17/h2-3,5-6H,4,7-12H2,1H3,(H,18,22). The van der Waals surface area contributed by atoms with E-state index in [1.165, 1.54) is 28.5 Å². The van der Waals surface area contributed by atoms with Crippen molar-refractivity contribution in [1.82, 2.24) is 14.6 Å². The number of anilines is 1. The van der Waals surface area contributed by atoms with E-state index >= 15 is 0 Å². The molecule has 24 heavy (non-hydrogen) atoms. The smallest absolute Gasteiger partial charge is 0.222 e. The van der Waals surface area contributed by atoms with Crippen LogP contribution in [-0.2, 0) is 9.59 Å². The summed E-state index contributed by atoms with van der Waals surface area (Å²) >= 11 is 1.52. The zero-order chi connectivity index (χ0) is 16.9. The van der Waals surface area contributed by atoms with E-state index in [9.17, 15) is 9.59 Å². The molecular weight excluding hydrogens is 324 g/mol. The molecule has 3 rings (SSSR count). The lowest BCUT2D eigenvalue weighted by molar-refractivity contribution is -0.131. The predicted molar refractivity (Wildman–Crippen MR) is 96.3 cm³/mol. The monoisotopic (exact) mass is 346 g/mol. The van der Waals surface area contributed by atoms with Crippen LogP contribution in [0.5, 0.6) is 0 Å². The highest BCUT2D eigenvalue weighted by atomic mass is 32.1. The summed E-state index contributed by atoms with van der Waals surface area (Å²) in [5.74, 6) is 1.16. The molecule has 0 radical (unpaired) electrons. The maximum absolute atomic E-state index is 12.2. The molecule has 2 heterocycles. The van der Waals surface area contributed by atoms with Gasteiger partial charge >= 0.3 is 0 Å². The maximum atomic E-state index is 12.2.